The van der Waals surface area contributed by atoms with Crippen molar-refractivity contribution in [1.29, 1.82) is 0 Å². The number of fused-ring (bicyclic) bond motifs is 1. The molecular formula is C22H27FN4O4. The van der Waals surface area contributed by atoms with Crippen LogP contribution in [0.2, 0.25) is 0 Å². The standard InChI is InChI=1S/C22H27FN4O4/c1-11-18-15(13-5-6-13)8-16(22(30)31)21(29)27(18)10-17(23)19(11)26-7-3-4-14(9-26)25-20(28)12(2)24/h8,10,12-14H,3-7,9,24H2,1-2H3,(H,25,28)(H,30,31)/t12-,14+/m0/s1. The van der Waals surface area contributed by atoms with Crippen LogP contribution >= 0.6 is 0 Å². The summed E-state index contributed by atoms with van der Waals surface area (Å²) >= 11 is 0. The van der Waals surface area contributed by atoms with E-state index in [0.29, 0.717) is 29.9 Å². The van der Waals surface area contributed by atoms with Crippen molar-refractivity contribution in [2.75, 3.05) is 18.0 Å². The molecule has 31 heavy (non-hydrogen) atoms. The fourth-order valence-electron chi connectivity index (χ4n) is 4.52. The van der Waals surface area contributed by atoms with Crippen LogP contribution in [-0.4, -0.2) is 46.6 Å². The monoisotopic (exact) mass is 430 g/mol. The maximum atomic E-state index is 15.3. The van der Waals surface area contributed by atoms with Gasteiger partial charge < -0.3 is 21.1 Å². The highest BCUT2D eigenvalue weighted by molar-refractivity contribution is 5.89. The van der Waals surface area contributed by atoms with Crippen LogP contribution in [0.1, 0.15) is 60.0 Å². The number of aromatic carboxylic acids is 1. The average Bonchev–Trinajstić information content (AvgIpc) is 3.54. The van der Waals surface area contributed by atoms with E-state index in [1.807, 2.05) is 4.90 Å². The Labute approximate surface area is 178 Å². The molecular weight excluding hydrogens is 403 g/mol. The number of amides is 1. The maximum Gasteiger partial charge on any atom is 0.341 e. The van der Waals surface area contributed by atoms with Crippen LogP contribution in [0.5, 0.6) is 0 Å². The Balaban J connectivity index is 1.80. The van der Waals surface area contributed by atoms with Gasteiger partial charge in [-0.1, -0.05) is 0 Å². The fourth-order valence-corrected chi connectivity index (χ4v) is 4.52. The van der Waals surface area contributed by atoms with Crippen LogP contribution < -0.4 is 21.5 Å². The molecule has 9 heteroatoms. The van der Waals surface area contributed by atoms with Crippen molar-refractivity contribution >= 4 is 23.1 Å². The molecule has 2 atom stereocenters. The van der Waals surface area contributed by atoms with E-state index >= 15 is 4.39 Å². The van der Waals surface area contributed by atoms with Crippen molar-refractivity contribution in [1.82, 2.24) is 9.72 Å². The molecule has 0 radical (unpaired) electrons. The maximum absolute atomic E-state index is 15.3. The van der Waals surface area contributed by atoms with Crippen molar-refractivity contribution in [2.24, 2.45) is 5.73 Å². The quantitative estimate of drug-likeness (QED) is 0.665. The third-order valence-electron chi connectivity index (χ3n) is 6.19. The lowest BCUT2D eigenvalue weighted by molar-refractivity contribution is -0.122. The molecule has 4 rings (SSSR count). The first-order valence-corrected chi connectivity index (χ1v) is 10.6. The summed E-state index contributed by atoms with van der Waals surface area (Å²) in [6.45, 7) is 4.44. The summed E-state index contributed by atoms with van der Waals surface area (Å²) in [6, 6.07) is 0.682. The van der Waals surface area contributed by atoms with Gasteiger partial charge in [-0.25, -0.2) is 9.18 Å². The lowest BCUT2D eigenvalue weighted by Crippen LogP contribution is -2.51. The number of halogens is 1. The number of carbonyl (C=O) groups is 2. The van der Waals surface area contributed by atoms with Gasteiger partial charge in [-0.15, -0.1) is 0 Å². The summed E-state index contributed by atoms with van der Waals surface area (Å²) in [5.74, 6) is -1.97. The highest BCUT2D eigenvalue weighted by atomic mass is 19.1. The van der Waals surface area contributed by atoms with Gasteiger partial charge in [0.05, 0.1) is 23.4 Å². The number of hydrogen-bond donors (Lipinski definition) is 3. The zero-order chi connectivity index (χ0) is 22.4. The summed E-state index contributed by atoms with van der Waals surface area (Å²) in [5, 5.41) is 12.3. The molecule has 1 saturated carbocycles. The van der Waals surface area contributed by atoms with Crippen LogP contribution in [0.4, 0.5) is 10.1 Å². The third kappa shape index (κ3) is 3.89. The summed E-state index contributed by atoms with van der Waals surface area (Å²) in [7, 11) is 0. The number of nitrogens with two attached hydrogens (primary N) is 1. The number of carboxylic acids is 1. The number of nitrogens with zero attached hydrogens (tertiary/aromatic N) is 2. The largest absolute Gasteiger partial charge is 0.477 e. The number of carboxylic acid groups (broad SMARTS) is 1. The minimum atomic E-state index is -1.31. The van der Waals surface area contributed by atoms with E-state index in [9.17, 15) is 19.5 Å². The van der Waals surface area contributed by atoms with E-state index in [2.05, 4.69) is 5.32 Å². The molecule has 1 aliphatic heterocycles. The zero-order valence-corrected chi connectivity index (χ0v) is 17.7. The van der Waals surface area contributed by atoms with E-state index in [0.717, 1.165) is 41.8 Å². The molecule has 3 heterocycles. The van der Waals surface area contributed by atoms with Gasteiger partial charge in [-0.05, 0) is 62.6 Å². The smallest absolute Gasteiger partial charge is 0.341 e. The Morgan fingerprint density at radius 3 is 2.65 bits per heavy atom. The summed E-state index contributed by atoms with van der Waals surface area (Å²) in [4.78, 5) is 38.2. The van der Waals surface area contributed by atoms with Crippen molar-refractivity contribution in [3.8, 4) is 0 Å². The van der Waals surface area contributed by atoms with Gasteiger partial charge in [0, 0.05) is 19.1 Å². The summed E-state index contributed by atoms with van der Waals surface area (Å²) in [6.07, 6.45) is 4.47. The topological polar surface area (TPSA) is 117 Å². The molecule has 4 N–H and O–H groups in total. The van der Waals surface area contributed by atoms with Crippen molar-refractivity contribution < 1.29 is 19.1 Å². The molecule has 2 fully saturated rings. The van der Waals surface area contributed by atoms with Gasteiger partial charge in [0.2, 0.25) is 5.91 Å². The molecule has 0 unspecified atom stereocenters. The number of anilines is 1. The van der Waals surface area contributed by atoms with E-state index in [1.54, 1.807) is 13.8 Å². The van der Waals surface area contributed by atoms with Crippen LogP contribution in [0.25, 0.3) is 5.52 Å². The van der Waals surface area contributed by atoms with Crippen molar-refractivity contribution in [3.63, 3.8) is 0 Å². The van der Waals surface area contributed by atoms with Gasteiger partial charge >= 0.3 is 5.97 Å². The normalized spacial score (nSPS) is 20.0. The number of hydrogen-bond acceptors (Lipinski definition) is 5. The Hall–Kier alpha value is -2.94. The van der Waals surface area contributed by atoms with Crippen molar-refractivity contribution in [3.05, 3.63) is 45.1 Å². The highest BCUT2D eigenvalue weighted by Crippen LogP contribution is 2.44. The first-order valence-electron chi connectivity index (χ1n) is 10.6. The number of piperidine rings is 1. The van der Waals surface area contributed by atoms with Crippen LogP contribution in [0.15, 0.2) is 17.1 Å². The van der Waals surface area contributed by atoms with E-state index < -0.39 is 23.4 Å². The van der Waals surface area contributed by atoms with E-state index in [4.69, 9.17) is 5.73 Å². The molecule has 0 spiro atoms. The molecule has 2 aromatic heterocycles. The van der Waals surface area contributed by atoms with Crippen LogP contribution in [0, 0.1) is 12.7 Å². The number of carbonyl (C=O) groups excluding carboxylic acids is 1. The SMILES string of the molecule is Cc1c(N2CCC[C@@H](NC(=O)[C@H](C)N)C2)c(F)cn2c(=O)c(C(=O)O)cc(C3CC3)c12. The number of aromatic nitrogens is 1. The molecule has 0 aromatic carbocycles. The predicted molar refractivity (Wildman–Crippen MR) is 114 cm³/mol. The second-order valence-electron chi connectivity index (χ2n) is 8.65. The van der Waals surface area contributed by atoms with Gasteiger partial charge in [-0.3, -0.25) is 14.0 Å². The second-order valence-corrected chi connectivity index (χ2v) is 8.65. The minimum Gasteiger partial charge on any atom is -0.477 e. The van der Waals surface area contributed by atoms with E-state index in [1.165, 1.54) is 6.07 Å². The Bertz CT molecular complexity index is 1120. The number of rotatable bonds is 5. The first-order chi connectivity index (χ1) is 14.7. The Kier molecular flexibility index (Phi) is 5.47. The molecule has 0 bridgehead atoms. The second kappa shape index (κ2) is 7.96. The van der Waals surface area contributed by atoms with Gasteiger partial charge in [0.15, 0.2) is 5.82 Å². The Morgan fingerprint density at radius 2 is 2.03 bits per heavy atom. The summed E-state index contributed by atoms with van der Waals surface area (Å²) < 4.78 is 16.4. The number of pyridine rings is 2. The molecule has 2 aliphatic rings. The summed E-state index contributed by atoms with van der Waals surface area (Å²) in [5.41, 5.74) is 6.92. The molecule has 1 aliphatic carbocycles. The van der Waals surface area contributed by atoms with Gasteiger partial charge in [-0.2, -0.15) is 0 Å². The molecule has 1 saturated heterocycles. The predicted octanol–water partition coefficient (Wildman–Crippen LogP) is 1.75. The zero-order valence-electron chi connectivity index (χ0n) is 17.7. The number of aryl methyl sites for hydroxylation is 1. The average molecular weight is 430 g/mol. The lowest BCUT2D eigenvalue weighted by Gasteiger charge is -2.36. The molecule has 1 amide bonds. The molecule has 8 nitrogen and oxygen atoms in total. The van der Waals surface area contributed by atoms with E-state index in [-0.39, 0.29) is 23.4 Å². The van der Waals surface area contributed by atoms with Crippen LogP contribution in [0.3, 0.4) is 0 Å². The fraction of sp³-hybridized carbons (Fsp3) is 0.500. The first kappa shape index (κ1) is 21.3. The lowest BCUT2D eigenvalue weighted by atomic mass is 9.99. The number of nitrogens with one attached hydrogen (secondary N) is 1. The third-order valence-corrected chi connectivity index (χ3v) is 6.19. The Morgan fingerprint density at radius 1 is 1.32 bits per heavy atom. The molecule has 166 valence electrons. The van der Waals surface area contributed by atoms with Gasteiger partial charge in [0.25, 0.3) is 5.56 Å². The highest BCUT2D eigenvalue weighted by Gasteiger charge is 2.32. The van der Waals surface area contributed by atoms with Crippen LogP contribution in [-0.2, 0) is 4.79 Å². The minimum absolute atomic E-state index is 0.151. The van der Waals surface area contributed by atoms with Gasteiger partial charge in [0.1, 0.15) is 5.56 Å². The van der Waals surface area contributed by atoms with Crippen molar-refractivity contribution in [2.45, 2.75) is 57.5 Å². The molecule has 2 aromatic rings.